The predicted octanol–water partition coefficient (Wildman–Crippen LogP) is 1.75. The second-order valence-corrected chi connectivity index (χ2v) is 2.97. The van der Waals surface area contributed by atoms with Crippen LogP contribution in [0.1, 0.15) is 5.56 Å². The Labute approximate surface area is 86.8 Å². The quantitative estimate of drug-likeness (QED) is 0.835. The lowest BCUT2D eigenvalue weighted by Crippen LogP contribution is -2.25. The molecule has 0 heterocycles. The van der Waals surface area contributed by atoms with Gasteiger partial charge in [0.05, 0.1) is 26.3 Å². The van der Waals surface area contributed by atoms with Gasteiger partial charge in [-0.25, -0.2) is 0 Å². The molecule has 0 saturated carbocycles. The smallest absolute Gasteiger partial charge is 0.288 e. The zero-order valence-electron chi connectivity index (χ0n) is 8.59. The lowest BCUT2D eigenvalue weighted by atomic mass is 10.1. The largest absolute Gasteiger partial charge is 0.497 e. The van der Waals surface area contributed by atoms with E-state index in [1.807, 2.05) is 0 Å². The summed E-state index contributed by atoms with van der Waals surface area (Å²) in [4.78, 5) is 0. The molecule has 0 spiro atoms. The first kappa shape index (κ1) is 11.7. The number of methoxy groups -OCH3 is 2. The molecule has 0 aliphatic carbocycles. The van der Waals surface area contributed by atoms with Crippen molar-refractivity contribution < 1.29 is 18.3 Å². The Bertz CT molecular complexity index is 342. The monoisotopic (exact) mass is 217 g/mol. The Hall–Kier alpha value is -1.36. The van der Waals surface area contributed by atoms with Crippen molar-refractivity contribution in [1.29, 1.82) is 0 Å². The molecule has 15 heavy (non-hydrogen) atoms. The third-order valence-electron chi connectivity index (χ3n) is 2.06. The average molecular weight is 217 g/mol. The topological polar surface area (TPSA) is 44.5 Å². The number of ether oxygens (including phenoxy) is 2. The van der Waals surface area contributed by atoms with Gasteiger partial charge in [-0.15, -0.1) is 0 Å². The molecule has 84 valence electrons. The highest BCUT2D eigenvalue weighted by Crippen LogP contribution is 2.36. The normalized spacial score (nSPS) is 11.3. The van der Waals surface area contributed by atoms with Crippen LogP contribution in [0.25, 0.3) is 0 Å². The maximum absolute atomic E-state index is 13.3. The maximum atomic E-state index is 13.3. The van der Waals surface area contributed by atoms with Crippen LogP contribution in [0, 0.1) is 0 Å². The highest BCUT2D eigenvalue weighted by molar-refractivity contribution is 5.43. The molecule has 0 bridgehead atoms. The molecule has 0 atom stereocenters. The summed E-state index contributed by atoms with van der Waals surface area (Å²) in [6, 6.07) is 4.10. The molecule has 0 aliphatic heterocycles. The second-order valence-electron chi connectivity index (χ2n) is 2.97. The molecule has 0 radical (unpaired) electrons. The molecule has 1 aromatic carbocycles. The van der Waals surface area contributed by atoms with Gasteiger partial charge in [-0.3, -0.25) is 0 Å². The van der Waals surface area contributed by atoms with E-state index in [9.17, 15) is 8.78 Å². The molecule has 0 aliphatic rings. The maximum Gasteiger partial charge on any atom is 0.288 e. The third-order valence-corrected chi connectivity index (χ3v) is 2.06. The van der Waals surface area contributed by atoms with Gasteiger partial charge in [0.1, 0.15) is 11.5 Å². The van der Waals surface area contributed by atoms with Gasteiger partial charge in [-0.1, -0.05) is 0 Å². The fourth-order valence-corrected chi connectivity index (χ4v) is 1.21. The van der Waals surface area contributed by atoms with Crippen LogP contribution in [0.15, 0.2) is 18.2 Å². The molecule has 1 aromatic rings. The number of rotatable bonds is 4. The summed E-state index contributed by atoms with van der Waals surface area (Å²) in [6.07, 6.45) is 0. The first-order valence-electron chi connectivity index (χ1n) is 4.35. The molecule has 5 heteroatoms. The summed E-state index contributed by atoms with van der Waals surface area (Å²) in [6.45, 7) is -0.754. The van der Waals surface area contributed by atoms with Crippen molar-refractivity contribution in [2.75, 3.05) is 20.8 Å². The molecular formula is C10H13F2NO2. The van der Waals surface area contributed by atoms with E-state index in [1.54, 1.807) is 0 Å². The minimum atomic E-state index is -3.09. The fraction of sp³-hybridized carbons (Fsp3) is 0.400. The minimum Gasteiger partial charge on any atom is -0.497 e. The van der Waals surface area contributed by atoms with E-state index in [0.29, 0.717) is 5.75 Å². The van der Waals surface area contributed by atoms with Crippen molar-refractivity contribution in [3.05, 3.63) is 23.8 Å². The molecule has 1 rings (SSSR count). The molecule has 0 amide bonds. The zero-order chi connectivity index (χ0) is 11.5. The van der Waals surface area contributed by atoms with Crippen molar-refractivity contribution in [3.8, 4) is 11.5 Å². The number of nitrogens with two attached hydrogens (primary N) is 1. The van der Waals surface area contributed by atoms with Crippen LogP contribution in [0.3, 0.4) is 0 Å². The van der Waals surface area contributed by atoms with E-state index < -0.39 is 12.5 Å². The van der Waals surface area contributed by atoms with Gasteiger partial charge in [0, 0.05) is 6.07 Å². The van der Waals surface area contributed by atoms with Crippen LogP contribution in [0.2, 0.25) is 0 Å². The SMILES string of the molecule is COc1ccc(C(F)(F)CN)c(OC)c1. The first-order chi connectivity index (χ1) is 7.05. The third kappa shape index (κ3) is 2.36. The molecule has 2 N–H and O–H groups in total. The summed E-state index contributed by atoms with van der Waals surface area (Å²) in [7, 11) is 2.78. The van der Waals surface area contributed by atoms with E-state index in [2.05, 4.69) is 0 Å². The average Bonchev–Trinajstić information content (AvgIpc) is 2.28. The van der Waals surface area contributed by atoms with Crippen LogP contribution < -0.4 is 15.2 Å². The predicted molar refractivity (Wildman–Crippen MR) is 52.5 cm³/mol. The summed E-state index contributed by atoms with van der Waals surface area (Å²) < 4.78 is 36.4. The highest BCUT2D eigenvalue weighted by Gasteiger charge is 2.33. The van der Waals surface area contributed by atoms with E-state index in [0.717, 1.165) is 0 Å². The van der Waals surface area contributed by atoms with Crippen molar-refractivity contribution >= 4 is 0 Å². The Morgan fingerprint density at radius 3 is 2.40 bits per heavy atom. The van der Waals surface area contributed by atoms with Crippen molar-refractivity contribution in [2.45, 2.75) is 5.92 Å². The number of alkyl halides is 2. The molecule has 3 nitrogen and oxygen atoms in total. The van der Waals surface area contributed by atoms with Gasteiger partial charge < -0.3 is 15.2 Å². The van der Waals surface area contributed by atoms with Crippen LogP contribution in [0.5, 0.6) is 11.5 Å². The Balaban J connectivity index is 3.18. The van der Waals surface area contributed by atoms with E-state index in [-0.39, 0.29) is 11.3 Å². The van der Waals surface area contributed by atoms with Gasteiger partial charge in [0.15, 0.2) is 0 Å². The van der Waals surface area contributed by atoms with Crippen LogP contribution >= 0.6 is 0 Å². The second kappa shape index (κ2) is 4.44. The van der Waals surface area contributed by atoms with E-state index in [4.69, 9.17) is 15.2 Å². The summed E-state index contributed by atoms with van der Waals surface area (Å²) in [5, 5.41) is 0. The van der Waals surface area contributed by atoms with Crippen LogP contribution in [-0.4, -0.2) is 20.8 Å². The zero-order valence-corrected chi connectivity index (χ0v) is 8.59. The standard InChI is InChI=1S/C10H13F2NO2/c1-14-7-3-4-8(9(5-7)15-2)10(11,12)6-13/h3-5H,6,13H2,1-2H3. The number of halogens is 2. The minimum absolute atomic E-state index is 0.0739. The molecule has 0 fully saturated rings. The van der Waals surface area contributed by atoms with Crippen molar-refractivity contribution in [1.82, 2.24) is 0 Å². The van der Waals surface area contributed by atoms with Crippen molar-refractivity contribution in [2.24, 2.45) is 5.73 Å². The van der Waals surface area contributed by atoms with Gasteiger partial charge in [-0.05, 0) is 12.1 Å². The lowest BCUT2D eigenvalue weighted by molar-refractivity contribution is 0.00365. The van der Waals surface area contributed by atoms with Gasteiger partial charge in [0.2, 0.25) is 0 Å². The van der Waals surface area contributed by atoms with Gasteiger partial charge >= 0.3 is 0 Å². The Morgan fingerprint density at radius 2 is 1.93 bits per heavy atom. The van der Waals surface area contributed by atoms with Crippen LogP contribution in [0.4, 0.5) is 8.78 Å². The molecular weight excluding hydrogens is 204 g/mol. The molecule has 0 aromatic heterocycles. The van der Waals surface area contributed by atoms with Gasteiger partial charge in [-0.2, -0.15) is 8.78 Å². The number of benzene rings is 1. The fourth-order valence-electron chi connectivity index (χ4n) is 1.21. The summed E-state index contributed by atoms with van der Waals surface area (Å²) in [5.74, 6) is -2.55. The lowest BCUT2D eigenvalue weighted by Gasteiger charge is -2.17. The van der Waals surface area contributed by atoms with E-state index >= 15 is 0 Å². The molecule has 0 saturated heterocycles. The highest BCUT2D eigenvalue weighted by atomic mass is 19.3. The van der Waals surface area contributed by atoms with E-state index in [1.165, 1.54) is 32.4 Å². The van der Waals surface area contributed by atoms with Gasteiger partial charge in [0.25, 0.3) is 5.92 Å². The Kier molecular flexibility index (Phi) is 3.47. The summed E-state index contributed by atoms with van der Waals surface area (Å²) in [5.41, 5.74) is 4.77. The van der Waals surface area contributed by atoms with Crippen LogP contribution in [-0.2, 0) is 5.92 Å². The number of hydrogen-bond acceptors (Lipinski definition) is 3. The number of hydrogen-bond donors (Lipinski definition) is 1. The van der Waals surface area contributed by atoms with Crippen molar-refractivity contribution in [3.63, 3.8) is 0 Å². The first-order valence-corrected chi connectivity index (χ1v) is 4.35. The Morgan fingerprint density at radius 1 is 1.27 bits per heavy atom. The summed E-state index contributed by atoms with van der Waals surface area (Å²) >= 11 is 0. The molecule has 0 unspecified atom stereocenters.